The van der Waals surface area contributed by atoms with Crippen molar-refractivity contribution in [3.8, 4) is 6.07 Å². The van der Waals surface area contributed by atoms with E-state index in [-0.39, 0.29) is 5.91 Å². The Labute approximate surface area is 87.5 Å². The number of nitriles is 1. The third kappa shape index (κ3) is 2.04. The molecule has 0 bridgehead atoms. The minimum atomic E-state index is -0.167. The Balaban J connectivity index is 3.14. The van der Waals surface area contributed by atoms with Crippen molar-refractivity contribution in [2.24, 2.45) is 0 Å². The van der Waals surface area contributed by atoms with Gasteiger partial charge >= 0.3 is 0 Å². The first-order valence-corrected chi connectivity index (χ1v) is 4.35. The van der Waals surface area contributed by atoms with Gasteiger partial charge in [-0.15, -0.1) is 0 Å². The molecular formula is C10H9ClN2O. The third-order valence-corrected chi connectivity index (χ3v) is 2.05. The molecule has 1 aromatic carbocycles. The molecule has 0 saturated carbocycles. The number of carbonyl (C=O) groups excluding carboxylic acids is 1. The first-order valence-electron chi connectivity index (χ1n) is 3.97. The van der Waals surface area contributed by atoms with Gasteiger partial charge in [-0.25, -0.2) is 0 Å². The van der Waals surface area contributed by atoms with E-state index in [0.717, 1.165) is 0 Å². The first kappa shape index (κ1) is 10.6. The zero-order valence-corrected chi connectivity index (χ0v) is 8.67. The summed E-state index contributed by atoms with van der Waals surface area (Å²) >= 11 is 5.85. The molecular weight excluding hydrogens is 200 g/mol. The highest BCUT2D eigenvalue weighted by Gasteiger charge is 2.12. The lowest BCUT2D eigenvalue weighted by atomic mass is 10.1. The van der Waals surface area contributed by atoms with Crippen molar-refractivity contribution in [3.05, 3.63) is 34.3 Å². The molecule has 1 aromatic rings. The molecule has 0 saturated heterocycles. The number of hydrogen-bond acceptors (Lipinski definition) is 2. The second kappa shape index (κ2) is 4.12. The van der Waals surface area contributed by atoms with Gasteiger partial charge < -0.3 is 4.90 Å². The summed E-state index contributed by atoms with van der Waals surface area (Å²) in [4.78, 5) is 13.0. The van der Waals surface area contributed by atoms with Crippen molar-refractivity contribution in [2.75, 3.05) is 14.1 Å². The number of carbonyl (C=O) groups is 1. The quantitative estimate of drug-likeness (QED) is 0.708. The van der Waals surface area contributed by atoms with Crippen LogP contribution in [0, 0.1) is 11.3 Å². The van der Waals surface area contributed by atoms with E-state index in [4.69, 9.17) is 16.9 Å². The SMILES string of the molecule is CN(C)C(=O)c1ccc(C#N)cc1Cl. The van der Waals surface area contributed by atoms with Gasteiger partial charge in [-0.2, -0.15) is 5.26 Å². The zero-order chi connectivity index (χ0) is 10.7. The van der Waals surface area contributed by atoms with Crippen molar-refractivity contribution >= 4 is 17.5 Å². The molecule has 1 amide bonds. The van der Waals surface area contributed by atoms with Gasteiger partial charge in [0.15, 0.2) is 0 Å². The van der Waals surface area contributed by atoms with Crippen molar-refractivity contribution in [1.29, 1.82) is 5.26 Å². The van der Waals surface area contributed by atoms with Crippen LogP contribution < -0.4 is 0 Å². The summed E-state index contributed by atoms with van der Waals surface area (Å²) in [6.45, 7) is 0. The molecule has 0 atom stereocenters. The molecule has 0 radical (unpaired) electrons. The van der Waals surface area contributed by atoms with E-state index < -0.39 is 0 Å². The fourth-order valence-corrected chi connectivity index (χ4v) is 1.26. The fraction of sp³-hybridized carbons (Fsp3) is 0.200. The average molecular weight is 209 g/mol. The van der Waals surface area contributed by atoms with E-state index >= 15 is 0 Å². The van der Waals surface area contributed by atoms with Crippen molar-refractivity contribution < 1.29 is 4.79 Å². The van der Waals surface area contributed by atoms with Crippen LogP contribution in [0.3, 0.4) is 0 Å². The molecule has 0 spiro atoms. The van der Waals surface area contributed by atoms with Crippen LogP contribution >= 0.6 is 11.6 Å². The normalized spacial score (nSPS) is 9.29. The van der Waals surface area contributed by atoms with Gasteiger partial charge in [0.1, 0.15) is 0 Å². The second-order valence-corrected chi connectivity index (χ2v) is 3.41. The maximum Gasteiger partial charge on any atom is 0.254 e. The predicted molar refractivity (Wildman–Crippen MR) is 54.2 cm³/mol. The van der Waals surface area contributed by atoms with Crippen LogP contribution in [-0.4, -0.2) is 24.9 Å². The minimum Gasteiger partial charge on any atom is -0.345 e. The fourth-order valence-electron chi connectivity index (χ4n) is 0.999. The summed E-state index contributed by atoms with van der Waals surface area (Å²) in [5.74, 6) is -0.167. The van der Waals surface area contributed by atoms with E-state index in [1.54, 1.807) is 26.2 Å². The highest BCUT2D eigenvalue weighted by atomic mass is 35.5. The summed E-state index contributed by atoms with van der Waals surface area (Å²) in [7, 11) is 3.30. The number of rotatable bonds is 1. The van der Waals surface area contributed by atoms with Crippen LogP contribution in [-0.2, 0) is 0 Å². The topological polar surface area (TPSA) is 44.1 Å². The summed E-state index contributed by atoms with van der Waals surface area (Å²) in [6.07, 6.45) is 0. The number of hydrogen-bond donors (Lipinski definition) is 0. The summed E-state index contributed by atoms with van der Waals surface area (Å²) in [5.41, 5.74) is 0.862. The molecule has 1 rings (SSSR count). The maximum absolute atomic E-state index is 11.5. The molecule has 0 N–H and O–H groups in total. The Morgan fingerprint density at radius 1 is 1.50 bits per heavy atom. The summed E-state index contributed by atoms with van der Waals surface area (Å²) in [5, 5.41) is 8.90. The van der Waals surface area contributed by atoms with Gasteiger partial charge in [0.2, 0.25) is 0 Å². The van der Waals surface area contributed by atoms with Crippen LogP contribution in [0.4, 0.5) is 0 Å². The lowest BCUT2D eigenvalue weighted by molar-refractivity contribution is 0.0828. The Morgan fingerprint density at radius 3 is 2.57 bits per heavy atom. The van der Waals surface area contributed by atoms with Crippen LogP contribution in [0.1, 0.15) is 15.9 Å². The number of amides is 1. The van der Waals surface area contributed by atoms with Crippen molar-refractivity contribution in [2.45, 2.75) is 0 Å². The molecule has 4 heteroatoms. The van der Waals surface area contributed by atoms with Gasteiger partial charge in [-0.05, 0) is 18.2 Å². The molecule has 0 heterocycles. The largest absolute Gasteiger partial charge is 0.345 e. The number of benzene rings is 1. The minimum absolute atomic E-state index is 0.167. The van der Waals surface area contributed by atoms with E-state index in [0.29, 0.717) is 16.1 Å². The smallest absolute Gasteiger partial charge is 0.254 e. The molecule has 0 fully saturated rings. The van der Waals surface area contributed by atoms with Crippen LogP contribution in [0.15, 0.2) is 18.2 Å². The van der Waals surface area contributed by atoms with Gasteiger partial charge in [-0.1, -0.05) is 11.6 Å². The van der Waals surface area contributed by atoms with Gasteiger partial charge in [0.25, 0.3) is 5.91 Å². The molecule has 0 aromatic heterocycles. The van der Waals surface area contributed by atoms with E-state index in [1.165, 1.54) is 11.0 Å². The zero-order valence-electron chi connectivity index (χ0n) is 7.91. The highest BCUT2D eigenvalue weighted by molar-refractivity contribution is 6.33. The number of halogens is 1. The van der Waals surface area contributed by atoms with Crippen molar-refractivity contribution in [1.82, 2.24) is 4.90 Å². The van der Waals surface area contributed by atoms with Crippen LogP contribution in [0.25, 0.3) is 0 Å². The maximum atomic E-state index is 11.5. The van der Waals surface area contributed by atoms with Crippen molar-refractivity contribution in [3.63, 3.8) is 0 Å². The first-order chi connectivity index (χ1) is 6.56. The van der Waals surface area contributed by atoms with Crippen LogP contribution in [0.5, 0.6) is 0 Å². The number of nitrogens with zero attached hydrogens (tertiary/aromatic N) is 2. The highest BCUT2D eigenvalue weighted by Crippen LogP contribution is 2.18. The molecule has 0 unspecified atom stereocenters. The van der Waals surface area contributed by atoms with Gasteiger partial charge in [0.05, 0.1) is 22.2 Å². The Kier molecular flexibility index (Phi) is 3.10. The monoisotopic (exact) mass is 208 g/mol. The summed E-state index contributed by atoms with van der Waals surface area (Å²) < 4.78 is 0. The molecule has 0 aliphatic carbocycles. The Hall–Kier alpha value is -1.53. The van der Waals surface area contributed by atoms with E-state index in [2.05, 4.69) is 0 Å². The summed E-state index contributed by atoms with van der Waals surface area (Å²) in [6, 6.07) is 6.57. The van der Waals surface area contributed by atoms with E-state index in [1.807, 2.05) is 6.07 Å². The molecule has 0 aliphatic heterocycles. The lowest BCUT2D eigenvalue weighted by Crippen LogP contribution is -2.21. The Morgan fingerprint density at radius 2 is 2.14 bits per heavy atom. The standard InChI is InChI=1S/C10H9ClN2O/c1-13(2)10(14)8-4-3-7(6-12)5-9(8)11/h3-5H,1-2H3. The van der Waals surface area contributed by atoms with E-state index in [9.17, 15) is 4.79 Å². The van der Waals surface area contributed by atoms with Crippen LogP contribution in [0.2, 0.25) is 5.02 Å². The molecule has 0 aliphatic rings. The lowest BCUT2D eigenvalue weighted by Gasteiger charge is -2.11. The second-order valence-electron chi connectivity index (χ2n) is 3.01. The molecule has 3 nitrogen and oxygen atoms in total. The Bertz CT molecular complexity index is 407. The molecule has 14 heavy (non-hydrogen) atoms. The average Bonchev–Trinajstić information content (AvgIpc) is 2.16. The molecule has 72 valence electrons. The third-order valence-electron chi connectivity index (χ3n) is 1.73. The van der Waals surface area contributed by atoms with Gasteiger partial charge in [-0.3, -0.25) is 4.79 Å². The van der Waals surface area contributed by atoms with Gasteiger partial charge in [0, 0.05) is 14.1 Å². The predicted octanol–water partition coefficient (Wildman–Crippen LogP) is 1.91.